The first-order valence-electron chi connectivity index (χ1n) is 15.8. The van der Waals surface area contributed by atoms with Crippen LogP contribution in [0.4, 0.5) is 5.69 Å². The molecule has 0 bridgehead atoms. The van der Waals surface area contributed by atoms with E-state index in [1.54, 1.807) is 12.1 Å². The number of anilines is 1. The Balaban J connectivity index is 1.22. The van der Waals surface area contributed by atoms with Crippen molar-refractivity contribution in [3.63, 3.8) is 0 Å². The second kappa shape index (κ2) is 13.9. The van der Waals surface area contributed by atoms with Crippen molar-refractivity contribution in [3.05, 3.63) is 107 Å². The Bertz CT molecular complexity index is 1660. The van der Waals surface area contributed by atoms with Gasteiger partial charge in [-0.1, -0.05) is 66.7 Å². The molecule has 0 aromatic heterocycles. The second-order valence-corrected chi connectivity index (χ2v) is 13.0. The maximum Gasteiger partial charge on any atom is 0.488 e. The van der Waals surface area contributed by atoms with E-state index >= 15 is 0 Å². The number of benzene rings is 4. The van der Waals surface area contributed by atoms with Crippen LogP contribution in [0.1, 0.15) is 73.0 Å². The molecular weight excluding hydrogens is 563 g/mol. The van der Waals surface area contributed by atoms with Crippen molar-refractivity contribution in [2.75, 3.05) is 25.0 Å². The second-order valence-electron chi connectivity index (χ2n) is 13.0. The Labute approximate surface area is 266 Å². The van der Waals surface area contributed by atoms with Gasteiger partial charge in [0.2, 0.25) is 0 Å². The largest absolute Gasteiger partial charge is 0.488 e. The molecule has 7 nitrogen and oxygen atoms in total. The van der Waals surface area contributed by atoms with Crippen LogP contribution < -0.4 is 10.4 Å². The lowest BCUT2D eigenvalue weighted by Gasteiger charge is -2.33. The molecule has 0 atom stereocenters. The molecule has 0 saturated carbocycles. The molecule has 5 rings (SSSR count). The summed E-state index contributed by atoms with van der Waals surface area (Å²) in [6.45, 7) is 7.55. The quantitative estimate of drug-likeness (QED) is 0.195. The van der Waals surface area contributed by atoms with Gasteiger partial charge < -0.3 is 24.6 Å². The van der Waals surface area contributed by atoms with Crippen LogP contribution in [0.2, 0.25) is 0 Å². The van der Waals surface area contributed by atoms with Gasteiger partial charge in [-0.15, -0.1) is 0 Å². The van der Waals surface area contributed by atoms with E-state index in [2.05, 4.69) is 35.2 Å². The van der Waals surface area contributed by atoms with Gasteiger partial charge in [0.25, 0.3) is 5.91 Å². The van der Waals surface area contributed by atoms with E-state index in [0.29, 0.717) is 49.4 Å². The summed E-state index contributed by atoms with van der Waals surface area (Å²) in [5.41, 5.74) is 4.94. The van der Waals surface area contributed by atoms with Crippen LogP contribution in [-0.4, -0.2) is 59.7 Å². The summed E-state index contributed by atoms with van der Waals surface area (Å²) in [5.74, 6) is 0.247. The maximum absolute atomic E-state index is 13.7. The number of amides is 1. The van der Waals surface area contributed by atoms with Gasteiger partial charge in [0.05, 0.1) is 0 Å². The van der Waals surface area contributed by atoms with Crippen LogP contribution in [0.5, 0.6) is 0 Å². The predicted molar refractivity (Wildman–Crippen MR) is 181 cm³/mol. The highest BCUT2D eigenvalue weighted by Gasteiger charge is 2.26. The third kappa shape index (κ3) is 8.13. The van der Waals surface area contributed by atoms with E-state index in [4.69, 9.17) is 4.74 Å². The molecule has 45 heavy (non-hydrogen) atoms. The van der Waals surface area contributed by atoms with Crippen LogP contribution in [-0.2, 0) is 22.5 Å². The number of carbonyl (C=O) groups is 2. The van der Waals surface area contributed by atoms with Crippen LogP contribution >= 0.6 is 0 Å². The fourth-order valence-electron chi connectivity index (χ4n) is 6.20. The molecule has 4 aromatic carbocycles. The fourth-order valence-corrected chi connectivity index (χ4v) is 6.20. The third-order valence-electron chi connectivity index (χ3n) is 8.52. The summed E-state index contributed by atoms with van der Waals surface area (Å²) < 4.78 is 5.46. The summed E-state index contributed by atoms with van der Waals surface area (Å²) in [5, 5.41) is 21.4. The number of fused-ring (bicyclic) bond motifs is 1. The standard InChI is InChI=1S/C37H43BN2O5/c1-37(2,3)45-35(41)18-15-26-9-7-11-28(23-26)27-19-21-40(22-20-27)36(42)33-13-8-12-29-24-31(16-17-32(29)33)39(4)25-30-10-5-6-14-34(30)38(43)44/h5-14,16-17,23-24,27,43-44H,15,18-22,25H2,1-4H3. The van der Waals surface area contributed by atoms with Gasteiger partial charge in [0.1, 0.15) is 5.60 Å². The minimum atomic E-state index is -1.52. The average Bonchev–Trinajstić information content (AvgIpc) is 3.02. The number of nitrogens with zero attached hydrogens (tertiary/aromatic N) is 2. The number of likely N-dealkylation sites (tertiary alicyclic amines) is 1. The molecule has 4 aromatic rings. The van der Waals surface area contributed by atoms with Crippen molar-refractivity contribution >= 4 is 40.9 Å². The SMILES string of the molecule is CN(Cc1ccccc1B(O)O)c1ccc2c(C(=O)N3CCC(c4cccc(CCC(=O)OC(C)(C)C)c4)CC3)cccc2c1. The molecule has 1 saturated heterocycles. The number of rotatable bonds is 9. The Morgan fingerprint density at radius 2 is 1.67 bits per heavy atom. The third-order valence-corrected chi connectivity index (χ3v) is 8.52. The zero-order valence-corrected chi connectivity index (χ0v) is 26.7. The predicted octanol–water partition coefficient (Wildman–Crippen LogP) is 5.45. The zero-order chi connectivity index (χ0) is 32.1. The summed E-state index contributed by atoms with van der Waals surface area (Å²) >= 11 is 0. The lowest BCUT2D eigenvalue weighted by Crippen LogP contribution is -2.38. The van der Waals surface area contributed by atoms with Crippen LogP contribution in [0.25, 0.3) is 10.8 Å². The molecule has 0 spiro atoms. The molecule has 0 unspecified atom stereocenters. The molecule has 0 aliphatic carbocycles. The number of ether oxygens (including phenoxy) is 1. The zero-order valence-electron chi connectivity index (χ0n) is 26.7. The number of esters is 1. The smallest absolute Gasteiger partial charge is 0.460 e. The highest BCUT2D eigenvalue weighted by molar-refractivity contribution is 6.59. The van der Waals surface area contributed by atoms with Gasteiger partial charge in [0, 0.05) is 44.4 Å². The molecule has 2 N–H and O–H groups in total. The van der Waals surface area contributed by atoms with E-state index in [0.717, 1.165) is 40.4 Å². The first-order valence-corrected chi connectivity index (χ1v) is 15.8. The molecule has 1 heterocycles. The van der Waals surface area contributed by atoms with Crippen LogP contribution in [0.3, 0.4) is 0 Å². The van der Waals surface area contributed by atoms with Gasteiger partial charge in [-0.3, -0.25) is 9.59 Å². The average molecular weight is 607 g/mol. The molecule has 234 valence electrons. The Hall–Kier alpha value is -4.14. The molecule has 0 radical (unpaired) electrons. The van der Waals surface area contributed by atoms with Gasteiger partial charge in [-0.05, 0) is 97.1 Å². The van der Waals surface area contributed by atoms with Gasteiger partial charge in [0.15, 0.2) is 0 Å². The molecule has 1 aliphatic rings. The van der Waals surface area contributed by atoms with Crippen molar-refractivity contribution in [2.24, 2.45) is 0 Å². The molecular formula is C37H43BN2O5. The minimum absolute atomic E-state index is 0.0529. The lowest BCUT2D eigenvalue weighted by atomic mass is 9.77. The summed E-state index contributed by atoms with van der Waals surface area (Å²) in [6, 6.07) is 27.8. The minimum Gasteiger partial charge on any atom is -0.460 e. The Morgan fingerprint density at radius 3 is 2.40 bits per heavy atom. The normalized spacial score (nSPS) is 14.0. The Morgan fingerprint density at radius 1 is 0.933 bits per heavy atom. The van der Waals surface area contributed by atoms with E-state index in [-0.39, 0.29) is 11.9 Å². The van der Waals surface area contributed by atoms with E-state index < -0.39 is 12.7 Å². The number of piperidine rings is 1. The van der Waals surface area contributed by atoms with E-state index in [1.807, 2.05) is 75.2 Å². The molecule has 8 heteroatoms. The van der Waals surface area contributed by atoms with Gasteiger partial charge in [-0.25, -0.2) is 0 Å². The number of hydrogen-bond acceptors (Lipinski definition) is 6. The lowest BCUT2D eigenvalue weighted by molar-refractivity contribution is -0.154. The first kappa shape index (κ1) is 32.3. The van der Waals surface area contributed by atoms with Crippen molar-refractivity contribution in [2.45, 2.75) is 64.5 Å². The van der Waals surface area contributed by atoms with Crippen LogP contribution in [0.15, 0.2) is 84.9 Å². The highest BCUT2D eigenvalue weighted by atomic mass is 16.6. The van der Waals surface area contributed by atoms with Gasteiger partial charge >= 0.3 is 13.1 Å². The number of hydrogen-bond donors (Lipinski definition) is 2. The van der Waals surface area contributed by atoms with Crippen LogP contribution in [0, 0.1) is 0 Å². The summed E-state index contributed by atoms with van der Waals surface area (Å²) in [6.07, 6.45) is 2.80. The van der Waals surface area contributed by atoms with Crippen molar-refractivity contribution in [1.82, 2.24) is 4.90 Å². The Kier molecular flexibility index (Phi) is 9.95. The summed E-state index contributed by atoms with van der Waals surface area (Å²) in [7, 11) is 0.447. The summed E-state index contributed by atoms with van der Waals surface area (Å²) in [4.78, 5) is 30.0. The molecule has 1 amide bonds. The highest BCUT2D eigenvalue weighted by Crippen LogP contribution is 2.31. The topological polar surface area (TPSA) is 90.3 Å². The van der Waals surface area contributed by atoms with Crippen molar-refractivity contribution < 1.29 is 24.4 Å². The van der Waals surface area contributed by atoms with E-state index in [9.17, 15) is 19.6 Å². The van der Waals surface area contributed by atoms with Crippen molar-refractivity contribution in [1.29, 1.82) is 0 Å². The van der Waals surface area contributed by atoms with E-state index in [1.165, 1.54) is 5.56 Å². The van der Waals surface area contributed by atoms with Crippen molar-refractivity contribution in [3.8, 4) is 0 Å². The fraction of sp³-hybridized carbons (Fsp3) is 0.351. The molecule has 1 fully saturated rings. The monoisotopic (exact) mass is 606 g/mol. The number of aryl methyl sites for hydroxylation is 1. The first-order chi connectivity index (χ1) is 21.5. The van der Waals surface area contributed by atoms with Gasteiger partial charge in [-0.2, -0.15) is 0 Å². The molecule has 1 aliphatic heterocycles. The maximum atomic E-state index is 13.7. The number of carbonyl (C=O) groups excluding carboxylic acids is 2.